The van der Waals surface area contributed by atoms with Crippen molar-refractivity contribution in [1.29, 1.82) is 0 Å². The van der Waals surface area contributed by atoms with Gasteiger partial charge in [-0.05, 0) is 24.0 Å². The molecule has 0 radical (unpaired) electrons. The first-order valence-electron chi connectivity index (χ1n) is 4.00. The van der Waals surface area contributed by atoms with Crippen LogP contribution in [0.2, 0.25) is 0 Å². The Labute approximate surface area is 71.1 Å². The topological polar surface area (TPSA) is 91.0 Å². The number of nitrogens with zero attached hydrogens (tertiary/aromatic N) is 2. The highest BCUT2D eigenvalue weighted by Gasteiger charge is 2.05. The molecular formula is C7H14N4O. The standard InChI is InChI=1S/C7H14N4O/c1-5(4-8)2-3-6-10-7(9)11-12-6/h5H,2-4,8H2,1H3,(H2,9,11). The third-order valence-corrected chi connectivity index (χ3v) is 1.74. The maximum Gasteiger partial charge on any atom is 0.260 e. The molecule has 1 heterocycles. The zero-order valence-electron chi connectivity index (χ0n) is 7.16. The fourth-order valence-corrected chi connectivity index (χ4v) is 0.857. The first-order valence-corrected chi connectivity index (χ1v) is 4.00. The number of nitrogens with two attached hydrogens (primary N) is 2. The molecule has 0 amide bonds. The molecule has 68 valence electrons. The smallest absolute Gasteiger partial charge is 0.260 e. The highest BCUT2D eigenvalue weighted by atomic mass is 16.5. The second-order valence-corrected chi connectivity index (χ2v) is 2.93. The van der Waals surface area contributed by atoms with Crippen LogP contribution in [0.15, 0.2) is 4.52 Å². The highest BCUT2D eigenvalue weighted by Crippen LogP contribution is 2.06. The number of aryl methyl sites for hydroxylation is 1. The van der Waals surface area contributed by atoms with E-state index >= 15 is 0 Å². The molecule has 0 aromatic carbocycles. The summed E-state index contributed by atoms with van der Waals surface area (Å²) in [6, 6.07) is 0. The number of anilines is 1. The van der Waals surface area contributed by atoms with E-state index in [1.165, 1.54) is 0 Å². The highest BCUT2D eigenvalue weighted by molar-refractivity contribution is 5.10. The van der Waals surface area contributed by atoms with E-state index in [0.29, 0.717) is 18.4 Å². The minimum atomic E-state index is 0.199. The summed E-state index contributed by atoms with van der Waals surface area (Å²) in [5, 5.41) is 3.48. The molecule has 0 saturated carbocycles. The van der Waals surface area contributed by atoms with Crippen molar-refractivity contribution >= 4 is 5.95 Å². The Kier molecular flexibility index (Phi) is 3.04. The number of rotatable bonds is 4. The largest absolute Gasteiger partial charge is 0.365 e. The lowest BCUT2D eigenvalue weighted by molar-refractivity contribution is 0.366. The van der Waals surface area contributed by atoms with E-state index in [9.17, 15) is 0 Å². The van der Waals surface area contributed by atoms with Crippen molar-refractivity contribution < 1.29 is 4.52 Å². The van der Waals surface area contributed by atoms with Crippen molar-refractivity contribution in [3.05, 3.63) is 5.89 Å². The fraction of sp³-hybridized carbons (Fsp3) is 0.714. The molecule has 1 aromatic rings. The minimum Gasteiger partial charge on any atom is -0.365 e. The molecule has 1 unspecified atom stereocenters. The summed E-state index contributed by atoms with van der Waals surface area (Å²) >= 11 is 0. The molecule has 0 aliphatic heterocycles. The maximum absolute atomic E-state index is 5.45. The first-order chi connectivity index (χ1) is 5.72. The summed E-state index contributed by atoms with van der Waals surface area (Å²) in [5.74, 6) is 1.27. The molecule has 0 saturated heterocycles. The molecule has 5 heteroatoms. The van der Waals surface area contributed by atoms with Crippen LogP contribution in [0, 0.1) is 5.92 Å². The van der Waals surface area contributed by atoms with Crippen LogP contribution in [0.5, 0.6) is 0 Å². The van der Waals surface area contributed by atoms with Crippen LogP contribution in [-0.2, 0) is 6.42 Å². The number of hydrogen-bond acceptors (Lipinski definition) is 5. The Bertz CT molecular complexity index is 235. The Balaban J connectivity index is 2.33. The van der Waals surface area contributed by atoms with Gasteiger partial charge >= 0.3 is 0 Å². The Morgan fingerprint density at radius 2 is 2.33 bits per heavy atom. The monoisotopic (exact) mass is 170 g/mol. The average molecular weight is 170 g/mol. The predicted molar refractivity (Wildman–Crippen MR) is 45.2 cm³/mol. The summed E-state index contributed by atoms with van der Waals surface area (Å²) in [6.45, 7) is 2.77. The van der Waals surface area contributed by atoms with Crippen LogP contribution >= 0.6 is 0 Å². The van der Waals surface area contributed by atoms with E-state index in [-0.39, 0.29) is 5.95 Å². The van der Waals surface area contributed by atoms with Gasteiger partial charge in [-0.15, -0.1) is 0 Å². The van der Waals surface area contributed by atoms with Gasteiger partial charge in [0.15, 0.2) is 0 Å². The fourth-order valence-electron chi connectivity index (χ4n) is 0.857. The molecule has 5 nitrogen and oxygen atoms in total. The molecule has 0 fully saturated rings. The Hall–Kier alpha value is -1.10. The zero-order valence-corrected chi connectivity index (χ0v) is 7.16. The molecule has 4 N–H and O–H groups in total. The molecule has 0 bridgehead atoms. The average Bonchev–Trinajstić information content (AvgIpc) is 2.47. The number of nitrogen functional groups attached to an aromatic ring is 1. The molecule has 0 spiro atoms. The Morgan fingerprint density at radius 1 is 1.58 bits per heavy atom. The van der Waals surface area contributed by atoms with Gasteiger partial charge in [-0.25, -0.2) is 0 Å². The quantitative estimate of drug-likeness (QED) is 0.672. The lowest BCUT2D eigenvalue weighted by Crippen LogP contribution is -2.11. The van der Waals surface area contributed by atoms with Crippen LogP contribution in [0.25, 0.3) is 0 Å². The molecule has 1 aromatic heterocycles. The summed E-state index contributed by atoms with van der Waals surface area (Å²) in [7, 11) is 0. The van der Waals surface area contributed by atoms with Crippen LogP contribution in [0.4, 0.5) is 5.95 Å². The van der Waals surface area contributed by atoms with Gasteiger partial charge in [0.2, 0.25) is 5.89 Å². The number of hydrogen-bond donors (Lipinski definition) is 2. The van der Waals surface area contributed by atoms with Crippen LogP contribution < -0.4 is 11.5 Å². The van der Waals surface area contributed by atoms with E-state index in [1.807, 2.05) is 0 Å². The Morgan fingerprint density at radius 3 is 2.83 bits per heavy atom. The molecule has 0 aliphatic rings. The molecule has 0 aliphatic carbocycles. The second-order valence-electron chi connectivity index (χ2n) is 2.93. The third kappa shape index (κ3) is 2.50. The number of aromatic nitrogens is 2. The molecular weight excluding hydrogens is 156 g/mol. The summed E-state index contributed by atoms with van der Waals surface area (Å²) in [4.78, 5) is 3.88. The van der Waals surface area contributed by atoms with Gasteiger partial charge in [0.25, 0.3) is 5.95 Å². The second kappa shape index (κ2) is 4.06. The van der Waals surface area contributed by atoms with E-state index in [0.717, 1.165) is 12.8 Å². The zero-order chi connectivity index (χ0) is 8.97. The van der Waals surface area contributed by atoms with Crippen molar-refractivity contribution in [2.75, 3.05) is 12.3 Å². The molecule has 12 heavy (non-hydrogen) atoms. The van der Waals surface area contributed by atoms with Crippen molar-refractivity contribution in [3.63, 3.8) is 0 Å². The van der Waals surface area contributed by atoms with Crippen molar-refractivity contribution in [2.24, 2.45) is 11.7 Å². The molecule has 1 atom stereocenters. The molecule has 1 rings (SSSR count). The summed E-state index contributed by atoms with van der Waals surface area (Å²) in [5.41, 5.74) is 10.7. The van der Waals surface area contributed by atoms with Crippen molar-refractivity contribution in [1.82, 2.24) is 10.1 Å². The van der Waals surface area contributed by atoms with Crippen molar-refractivity contribution in [2.45, 2.75) is 19.8 Å². The lowest BCUT2D eigenvalue weighted by atomic mass is 10.1. The van der Waals surface area contributed by atoms with Gasteiger partial charge in [0, 0.05) is 6.42 Å². The lowest BCUT2D eigenvalue weighted by Gasteiger charge is -2.03. The third-order valence-electron chi connectivity index (χ3n) is 1.74. The van der Waals surface area contributed by atoms with E-state index in [2.05, 4.69) is 17.1 Å². The van der Waals surface area contributed by atoms with Gasteiger partial charge in [0.1, 0.15) is 0 Å². The van der Waals surface area contributed by atoms with Crippen LogP contribution in [0.3, 0.4) is 0 Å². The van der Waals surface area contributed by atoms with Gasteiger partial charge < -0.3 is 16.0 Å². The van der Waals surface area contributed by atoms with Gasteiger partial charge in [-0.3, -0.25) is 0 Å². The van der Waals surface area contributed by atoms with Crippen LogP contribution in [0.1, 0.15) is 19.2 Å². The SMILES string of the molecule is CC(CN)CCc1nc(N)no1. The first kappa shape index (κ1) is 8.99. The predicted octanol–water partition coefficient (Wildman–Crippen LogP) is 0.179. The normalized spacial score (nSPS) is 13.2. The van der Waals surface area contributed by atoms with Crippen LogP contribution in [-0.4, -0.2) is 16.7 Å². The summed E-state index contributed by atoms with van der Waals surface area (Å²) in [6.07, 6.45) is 1.71. The minimum absolute atomic E-state index is 0.199. The van der Waals surface area contributed by atoms with Gasteiger partial charge in [-0.2, -0.15) is 4.98 Å². The van der Waals surface area contributed by atoms with Gasteiger partial charge in [0.05, 0.1) is 0 Å². The van der Waals surface area contributed by atoms with E-state index in [1.54, 1.807) is 0 Å². The van der Waals surface area contributed by atoms with E-state index < -0.39 is 0 Å². The van der Waals surface area contributed by atoms with Crippen molar-refractivity contribution in [3.8, 4) is 0 Å². The van der Waals surface area contributed by atoms with E-state index in [4.69, 9.17) is 16.0 Å². The summed E-state index contributed by atoms with van der Waals surface area (Å²) < 4.78 is 4.83. The maximum atomic E-state index is 5.45. The van der Waals surface area contributed by atoms with Gasteiger partial charge in [-0.1, -0.05) is 6.92 Å².